The number of benzene rings is 1. The molecule has 1 aliphatic rings. The van der Waals surface area contributed by atoms with E-state index in [0.717, 1.165) is 12.8 Å². The summed E-state index contributed by atoms with van der Waals surface area (Å²) in [6.07, 6.45) is 4.93. The van der Waals surface area contributed by atoms with Gasteiger partial charge in [0.05, 0.1) is 11.9 Å². The molecular formula is C15H15N3O. The van der Waals surface area contributed by atoms with E-state index < -0.39 is 0 Å². The minimum Gasteiger partial charge on any atom is -0.384 e. The maximum Gasteiger partial charge on any atom is 0.255 e. The molecule has 0 aliphatic heterocycles. The van der Waals surface area contributed by atoms with Gasteiger partial charge in [0, 0.05) is 5.56 Å². The molecule has 0 saturated carbocycles. The molecule has 1 aromatic carbocycles. The monoisotopic (exact) mass is 253 g/mol. The van der Waals surface area contributed by atoms with Gasteiger partial charge in [0.1, 0.15) is 5.82 Å². The number of fused-ring (bicyclic) bond motifs is 1. The predicted molar refractivity (Wildman–Crippen MR) is 75.1 cm³/mol. The van der Waals surface area contributed by atoms with Crippen molar-refractivity contribution in [3.8, 4) is 0 Å². The van der Waals surface area contributed by atoms with E-state index >= 15 is 0 Å². The number of rotatable bonds is 2. The van der Waals surface area contributed by atoms with Gasteiger partial charge < -0.3 is 11.1 Å². The Morgan fingerprint density at radius 3 is 2.79 bits per heavy atom. The second-order valence-corrected chi connectivity index (χ2v) is 4.76. The molecule has 3 N–H and O–H groups in total. The molecule has 4 heteroatoms. The van der Waals surface area contributed by atoms with Gasteiger partial charge in [0.25, 0.3) is 5.91 Å². The van der Waals surface area contributed by atoms with Crippen LogP contribution in [0.5, 0.6) is 0 Å². The standard InChI is InChI=1S/C15H15N3O/c16-14-7-6-13(9-17-14)18-15(19)12-5-4-10-2-1-3-11(10)8-12/h4-9H,1-3H2,(H2,16,17)(H,18,19). The van der Waals surface area contributed by atoms with E-state index in [-0.39, 0.29) is 5.91 Å². The molecule has 1 heterocycles. The van der Waals surface area contributed by atoms with Crippen molar-refractivity contribution in [3.05, 3.63) is 53.2 Å². The van der Waals surface area contributed by atoms with E-state index in [1.807, 2.05) is 12.1 Å². The third kappa shape index (κ3) is 2.42. The van der Waals surface area contributed by atoms with Gasteiger partial charge in [0.2, 0.25) is 0 Å². The zero-order valence-corrected chi connectivity index (χ0v) is 10.5. The average Bonchev–Trinajstić information content (AvgIpc) is 2.88. The Labute approximate surface area is 111 Å². The number of anilines is 2. The summed E-state index contributed by atoms with van der Waals surface area (Å²) in [5.74, 6) is 0.330. The van der Waals surface area contributed by atoms with Crippen LogP contribution in [0.1, 0.15) is 27.9 Å². The molecule has 0 fully saturated rings. The number of nitrogens with two attached hydrogens (primary N) is 1. The van der Waals surface area contributed by atoms with E-state index in [9.17, 15) is 4.79 Å². The van der Waals surface area contributed by atoms with Gasteiger partial charge in [-0.1, -0.05) is 6.07 Å². The largest absolute Gasteiger partial charge is 0.384 e. The van der Waals surface area contributed by atoms with Gasteiger partial charge in [-0.2, -0.15) is 0 Å². The smallest absolute Gasteiger partial charge is 0.255 e. The summed E-state index contributed by atoms with van der Waals surface area (Å²) in [6.45, 7) is 0. The van der Waals surface area contributed by atoms with Crippen molar-refractivity contribution in [3.63, 3.8) is 0 Å². The molecule has 0 saturated heterocycles. The number of aryl methyl sites for hydroxylation is 2. The Hall–Kier alpha value is -2.36. The molecule has 1 aromatic heterocycles. The van der Waals surface area contributed by atoms with Crippen LogP contribution in [0.2, 0.25) is 0 Å². The zero-order valence-electron chi connectivity index (χ0n) is 10.5. The summed E-state index contributed by atoms with van der Waals surface area (Å²) in [5.41, 5.74) is 9.51. The van der Waals surface area contributed by atoms with Crippen LogP contribution in [0.4, 0.5) is 11.5 Å². The number of pyridine rings is 1. The van der Waals surface area contributed by atoms with Crippen molar-refractivity contribution in [2.75, 3.05) is 11.1 Å². The van der Waals surface area contributed by atoms with E-state index in [0.29, 0.717) is 17.1 Å². The van der Waals surface area contributed by atoms with Crippen LogP contribution < -0.4 is 11.1 Å². The maximum absolute atomic E-state index is 12.1. The van der Waals surface area contributed by atoms with Crippen LogP contribution in [0.15, 0.2) is 36.5 Å². The van der Waals surface area contributed by atoms with E-state index in [2.05, 4.69) is 16.4 Å². The zero-order chi connectivity index (χ0) is 13.2. The van der Waals surface area contributed by atoms with Crippen LogP contribution in [0.3, 0.4) is 0 Å². The van der Waals surface area contributed by atoms with Gasteiger partial charge in [-0.3, -0.25) is 4.79 Å². The first-order valence-electron chi connectivity index (χ1n) is 6.37. The van der Waals surface area contributed by atoms with Crippen molar-refractivity contribution in [1.29, 1.82) is 0 Å². The molecule has 3 rings (SSSR count). The lowest BCUT2D eigenvalue weighted by Gasteiger charge is -2.07. The number of hydrogen-bond donors (Lipinski definition) is 2. The highest BCUT2D eigenvalue weighted by atomic mass is 16.1. The molecular weight excluding hydrogens is 238 g/mol. The SMILES string of the molecule is Nc1ccc(NC(=O)c2ccc3c(c2)CCC3)cn1. The molecule has 96 valence electrons. The fourth-order valence-corrected chi connectivity index (χ4v) is 2.40. The van der Waals surface area contributed by atoms with Crippen LogP contribution in [-0.4, -0.2) is 10.9 Å². The Bertz CT molecular complexity index is 620. The average molecular weight is 253 g/mol. The molecule has 4 nitrogen and oxygen atoms in total. The number of aromatic nitrogens is 1. The van der Waals surface area contributed by atoms with E-state index in [4.69, 9.17) is 5.73 Å². The number of carbonyl (C=O) groups excluding carboxylic acids is 1. The number of hydrogen-bond acceptors (Lipinski definition) is 3. The summed E-state index contributed by atoms with van der Waals surface area (Å²) in [6, 6.07) is 9.33. The van der Waals surface area contributed by atoms with Gasteiger partial charge in [0.15, 0.2) is 0 Å². The molecule has 0 bridgehead atoms. The van der Waals surface area contributed by atoms with Gasteiger partial charge in [-0.15, -0.1) is 0 Å². The second-order valence-electron chi connectivity index (χ2n) is 4.76. The molecule has 0 atom stereocenters. The number of nitrogens with zero attached hydrogens (tertiary/aromatic N) is 1. The molecule has 0 spiro atoms. The predicted octanol–water partition coefficient (Wildman–Crippen LogP) is 2.40. The lowest BCUT2D eigenvalue weighted by atomic mass is 10.1. The first kappa shape index (κ1) is 11.7. The maximum atomic E-state index is 12.1. The Morgan fingerprint density at radius 1 is 1.16 bits per heavy atom. The summed E-state index contributed by atoms with van der Waals surface area (Å²) in [5, 5.41) is 2.82. The highest BCUT2D eigenvalue weighted by molar-refractivity contribution is 6.04. The topological polar surface area (TPSA) is 68.0 Å². The number of nitrogen functional groups attached to an aromatic ring is 1. The van der Waals surface area contributed by atoms with Crippen molar-refractivity contribution in [1.82, 2.24) is 4.98 Å². The molecule has 1 aliphatic carbocycles. The lowest BCUT2D eigenvalue weighted by Crippen LogP contribution is -2.12. The number of nitrogens with one attached hydrogen (secondary N) is 1. The first-order valence-corrected chi connectivity index (χ1v) is 6.37. The summed E-state index contributed by atoms with van der Waals surface area (Å²) in [7, 11) is 0. The summed E-state index contributed by atoms with van der Waals surface area (Å²) >= 11 is 0. The quantitative estimate of drug-likeness (QED) is 0.863. The van der Waals surface area contributed by atoms with E-state index in [1.54, 1.807) is 18.3 Å². The molecule has 0 unspecified atom stereocenters. The van der Waals surface area contributed by atoms with Crippen molar-refractivity contribution >= 4 is 17.4 Å². The van der Waals surface area contributed by atoms with Gasteiger partial charge in [-0.05, 0) is 54.7 Å². The van der Waals surface area contributed by atoms with E-state index in [1.165, 1.54) is 17.5 Å². The first-order chi connectivity index (χ1) is 9.22. The summed E-state index contributed by atoms with van der Waals surface area (Å²) < 4.78 is 0. The Kier molecular flexibility index (Phi) is 2.91. The fourth-order valence-electron chi connectivity index (χ4n) is 2.40. The van der Waals surface area contributed by atoms with Crippen LogP contribution in [0.25, 0.3) is 0 Å². The Balaban J connectivity index is 1.78. The highest BCUT2D eigenvalue weighted by Crippen LogP contribution is 2.23. The minimum atomic E-state index is -0.110. The molecule has 19 heavy (non-hydrogen) atoms. The number of amides is 1. The third-order valence-corrected chi connectivity index (χ3v) is 3.40. The number of carbonyl (C=O) groups is 1. The lowest BCUT2D eigenvalue weighted by molar-refractivity contribution is 0.102. The van der Waals surface area contributed by atoms with Gasteiger partial charge in [-0.25, -0.2) is 4.98 Å². The molecule has 0 radical (unpaired) electrons. The highest BCUT2D eigenvalue weighted by Gasteiger charge is 2.14. The van der Waals surface area contributed by atoms with Crippen molar-refractivity contribution < 1.29 is 4.79 Å². The van der Waals surface area contributed by atoms with Crippen LogP contribution >= 0.6 is 0 Å². The fraction of sp³-hybridized carbons (Fsp3) is 0.200. The molecule has 1 amide bonds. The normalized spacial score (nSPS) is 13.1. The molecule has 2 aromatic rings. The van der Waals surface area contributed by atoms with Gasteiger partial charge >= 0.3 is 0 Å². The van der Waals surface area contributed by atoms with Crippen molar-refractivity contribution in [2.45, 2.75) is 19.3 Å². The Morgan fingerprint density at radius 2 is 2.00 bits per heavy atom. The minimum absolute atomic E-state index is 0.110. The summed E-state index contributed by atoms with van der Waals surface area (Å²) in [4.78, 5) is 16.1. The van der Waals surface area contributed by atoms with Crippen LogP contribution in [0, 0.1) is 0 Å². The third-order valence-electron chi connectivity index (χ3n) is 3.40. The second kappa shape index (κ2) is 4.72. The van der Waals surface area contributed by atoms with Crippen LogP contribution in [-0.2, 0) is 12.8 Å². The van der Waals surface area contributed by atoms with Crippen molar-refractivity contribution in [2.24, 2.45) is 0 Å².